The third kappa shape index (κ3) is 3.17. The molecule has 1 N–H and O–H groups in total. The van der Waals surface area contributed by atoms with Crippen molar-refractivity contribution in [2.24, 2.45) is 0 Å². The lowest BCUT2D eigenvalue weighted by atomic mass is 10.1. The van der Waals surface area contributed by atoms with Crippen LogP contribution in [0.5, 0.6) is 0 Å². The largest absolute Gasteiger partial charge is 0.335 e. The average molecular weight is 339 g/mol. The van der Waals surface area contributed by atoms with E-state index in [1.807, 2.05) is 21.8 Å². The first-order valence-corrected chi connectivity index (χ1v) is 8.30. The van der Waals surface area contributed by atoms with Crippen LogP contribution in [0.25, 0.3) is 11.3 Å². The van der Waals surface area contributed by atoms with Gasteiger partial charge in [0.1, 0.15) is 11.5 Å². The first kappa shape index (κ1) is 15.6. The third-order valence-corrected chi connectivity index (χ3v) is 4.53. The number of H-pyrrole nitrogens is 1. The Labute approximate surface area is 144 Å². The number of rotatable bonds is 3. The summed E-state index contributed by atoms with van der Waals surface area (Å²) in [5.74, 6) is -0.369. The average Bonchev–Trinajstić information content (AvgIpc) is 3.34. The molecule has 1 aliphatic heterocycles. The van der Waals surface area contributed by atoms with E-state index in [1.165, 1.54) is 12.1 Å². The molecule has 2 aromatic heterocycles. The van der Waals surface area contributed by atoms with Gasteiger partial charge in [0.2, 0.25) is 0 Å². The van der Waals surface area contributed by atoms with E-state index in [9.17, 15) is 9.18 Å². The predicted octanol–water partition coefficient (Wildman–Crippen LogP) is 2.89. The summed E-state index contributed by atoms with van der Waals surface area (Å²) < 4.78 is 14.9. The Balaban J connectivity index is 1.50. The maximum Gasteiger partial charge on any atom is 0.271 e. The Morgan fingerprint density at radius 2 is 2.12 bits per heavy atom. The van der Waals surface area contributed by atoms with Gasteiger partial charge in [-0.25, -0.2) is 4.39 Å². The van der Waals surface area contributed by atoms with Gasteiger partial charge in [0.25, 0.3) is 5.91 Å². The van der Waals surface area contributed by atoms with Crippen LogP contribution in [0.1, 0.15) is 29.4 Å². The minimum Gasteiger partial charge on any atom is -0.335 e. The van der Waals surface area contributed by atoms with Crippen molar-refractivity contribution in [2.45, 2.75) is 18.9 Å². The molecular weight excluding hydrogens is 321 g/mol. The topological polar surface area (TPSA) is 66.8 Å². The highest BCUT2D eigenvalue weighted by atomic mass is 19.1. The number of nitrogens with zero attached hydrogens (tertiary/aromatic N) is 4. The van der Waals surface area contributed by atoms with Crippen LogP contribution in [0.3, 0.4) is 0 Å². The Bertz CT molecular complexity index is 856. The van der Waals surface area contributed by atoms with Crippen LogP contribution < -0.4 is 0 Å². The zero-order chi connectivity index (χ0) is 17.2. The normalized spacial score (nSPS) is 17.6. The van der Waals surface area contributed by atoms with E-state index >= 15 is 0 Å². The van der Waals surface area contributed by atoms with Gasteiger partial charge in [-0.3, -0.25) is 14.6 Å². The van der Waals surface area contributed by atoms with Crippen molar-refractivity contribution in [2.75, 3.05) is 13.1 Å². The second-order valence-electron chi connectivity index (χ2n) is 6.21. The van der Waals surface area contributed by atoms with Gasteiger partial charge in [0, 0.05) is 31.0 Å². The minimum absolute atomic E-state index is 0.0716. The van der Waals surface area contributed by atoms with Crippen molar-refractivity contribution >= 4 is 5.91 Å². The standard InChI is InChI=1S/C18H18FN5O/c19-14-6-4-13(5-7-14)16-11-17(22-21-16)18(25)23-9-1-3-15(12-23)24-10-2-8-20-24/h2,4-8,10-11,15H,1,3,9,12H2,(H,21,22)/t15-/m1/s1. The lowest BCUT2D eigenvalue weighted by Gasteiger charge is -2.32. The molecule has 0 radical (unpaired) electrons. The molecule has 0 spiro atoms. The molecule has 6 nitrogen and oxygen atoms in total. The number of benzene rings is 1. The number of aromatic nitrogens is 4. The third-order valence-electron chi connectivity index (χ3n) is 4.53. The smallest absolute Gasteiger partial charge is 0.271 e. The Hall–Kier alpha value is -2.96. The molecule has 1 fully saturated rings. The molecule has 4 rings (SSSR count). The summed E-state index contributed by atoms with van der Waals surface area (Å²) in [4.78, 5) is 14.6. The van der Waals surface area contributed by atoms with Crippen molar-refractivity contribution in [1.29, 1.82) is 0 Å². The minimum atomic E-state index is -0.298. The lowest BCUT2D eigenvalue weighted by molar-refractivity contribution is 0.0667. The van der Waals surface area contributed by atoms with E-state index in [2.05, 4.69) is 15.3 Å². The predicted molar refractivity (Wildman–Crippen MR) is 90.4 cm³/mol. The fraction of sp³-hybridized carbons (Fsp3) is 0.278. The summed E-state index contributed by atoms with van der Waals surface area (Å²) >= 11 is 0. The van der Waals surface area contributed by atoms with Crippen molar-refractivity contribution in [1.82, 2.24) is 24.9 Å². The van der Waals surface area contributed by atoms with E-state index in [-0.39, 0.29) is 17.8 Å². The Morgan fingerprint density at radius 1 is 1.28 bits per heavy atom. The van der Waals surface area contributed by atoms with Crippen LogP contribution in [0.15, 0.2) is 48.8 Å². The van der Waals surface area contributed by atoms with Gasteiger partial charge in [-0.2, -0.15) is 10.2 Å². The van der Waals surface area contributed by atoms with E-state index in [1.54, 1.807) is 24.4 Å². The fourth-order valence-electron chi connectivity index (χ4n) is 3.22. The number of carbonyl (C=O) groups is 1. The van der Waals surface area contributed by atoms with E-state index in [4.69, 9.17) is 0 Å². The molecule has 3 heterocycles. The van der Waals surface area contributed by atoms with Gasteiger partial charge in [-0.15, -0.1) is 0 Å². The summed E-state index contributed by atoms with van der Waals surface area (Å²) in [6.45, 7) is 1.35. The van der Waals surface area contributed by atoms with Crippen molar-refractivity contribution in [3.8, 4) is 11.3 Å². The van der Waals surface area contributed by atoms with Crippen LogP contribution in [0, 0.1) is 5.82 Å². The van der Waals surface area contributed by atoms with Gasteiger partial charge in [0.05, 0.1) is 11.7 Å². The molecule has 1 aromatic carbocycles. The summed E-state index contributed by atoms with van der Waals surface area (Å²) in [5, 5.41) is 11.3. The number of nitrogens with one attached hydrogen (secondary N) is 1. The number of aromatic amines is 1. The number of likely N-dealkylation sites (tertiary alicyclic amines) is 1. The van der Waals surface area contributed by atoms with E-state index < -0.39 is 0 Å². The molecule has 0 aliphatic carbocycles. The van der Waals surface area contributed by atoms with Gasteiger partial charge in [-0.1, -0.05) is 0 Å². The fourth-order valence-corrected chi connectivity index (χ4v) is 3.22. The number of piperidine rings is 1. The number of carbonyl (C=O) groups excluding carboxylic acids is 1. The number of amides is 1. The SMILES string of the molecule is O=C(c1cc(-c2ccc(F)cc2)n[nH]1)N1CCC[C@@H](n2cccn2)C1. The molecule has 7 heteroatoms. The molecule has 0 unspecified atom stereocenters. The number of halogens is 1. The monoisotopic (exact) mass is 339 g/mol. The number of hydrogen-bond donors (Lipinski definition) is 1. The summed E-state index contributed by atoms with van der Waals surface area (Å²) in [6, 6.07) is 9.86. The van der Waals surface area contributed by atoms with Crippen LogP contribution in [-0.2, 0) is 0 Å². The van der Waals surface area contributed by atoms with Gasteiger partial charge >= 0.3 is 0 Å². The molecule has 1 amide bonds. The molecule has 25 heavy (non-hydrogen) atoms. The quantitative estimate of drug-likeness (QED) is 0.798. The highest BCUT2D eigenvalue weighted by Crippen LogP contribution is 2.23. The molecule has 0 bridgehead atoms. The van der Waals surface area contributed by atoms with Crippen LogP contribution in [0.4, 0.5) is 4.39 Å². The molecule has 1 atom stereocenters. The van der Waals surface area contributed by atoms with E-state index in [0.29, 0.717) is 17.9 Å². The zero-order valence-electron chi connectivity index (χ0n) is 13.6. The van der Waals surface area contributed by atoms with Crippen molar-refractivity contribution in [3.63, 3.8) is 0 Å². The molecule has 1 saturated heterocycles. The molecule has 0 saturated carbocycles. The molecular formula is C18H18FN5O. The second kappa shape index (κ2) is 6.51. The van der Waals surface area contributed by atoms with E-state index in [0.717, 1.165) is 24.9 Å². The van der Waals surface area contributed by atoms with Crippen molar-refractivity contribution in [3.05, 3.63) is 60.3 Å². The van der Waals surface area contributed by atoms with Gasteiger partial charge in [0.15, 0.2) is 0 Å². The van der Waals surface area contributed by atoms with Crippen LogP contribution in [0.2, 0.25) is 0 Å². The van der Waals surface area contributed by atoms with Gasteiger partial charge < -0.3 is 4.90 Å². The molecule has 128 valence electrons. The maximum absolute atomic E-state index is 13.0. The zero-order valence-corrected chi connectivity index (χ0v) is 13.6. The first-order chi connectivity index (χ1) is 12.2. The van der Waals surface area contributed by atoms with Crippen molar-refractivity contribution < 1.29 is 9.18 Å². The van der Waals surface area contributed by atoms with Crippen LogP contribution in [-0.4, -0.2) is 43.9 Å². The summed E-state index contributed by atoms with van der Waals surface area (Å²) in [5.41, 5.74) is 1.84. The van der Waals surface area contributed by atoms with Crippen LogP contribution >= 0.6 is 0 Å². The molecule has 3 aromatic rings. The number of hydrogen-bond acceptors (Lipinski definition) is 3. The Morgan fingerprint density at radius 3 is 2.88 bits per heavy atom. The second-order valence-corrected chi connectivity index (χ2v) is 6.21. The maximum atomic E-state index is 13.0. The van der Waals surface area contributed by atoms with Gasteiger partial charge in [-0.05, 0) is 49.2 Å². The summed E-state index contributed by atoms with van der Waals surface area (Å²) in [6.07, 6.45) is 5.64. The lowest BCUT2D eigenvalue weighted by Crippen LogP contribution is -2.41. The summed E-state index contributed by atoms with van der Waals surface area (Å²) in [7, 11) is 0. The first-order valence-electron chi connectivity index (χ1n) is 8.30. The highest BCUT2D eigenvalue weighted by molar-refractivity contribution is 5.93. The molecule has 1 aliphatic rings. The highest BCUT2D eigenvalue weighted by Gasteiger charge is 2.26. The Kier molecular flexibility index (Phi) is 4.05.